The summed E-state index contributed by atoms with van der Waals surface area (Å²) in [5, 5.41) is 0. The lowest BCUT2D eigenvalue weighted by Gasteiger charge is -2.34. The molecule has 164 valence electrons. The lowest BCUT2D eigenvalue weighted by molar-refractivity contribution is -0.131. The summed E-state index contributed by atoms with van der Waals surface area (Å²) in [6.45, 7) is 2.65. The molecule has 1 saturated heterocycles. The lowest BCUT2D eigenvalue weighted by Crippen LogP contribution is -2.39. The molecule has 0 radical (unpaired) electrons. The number of aromatic nitrogens is 2. The van der Waals surface area contributed by atoms with E-state index in [1.165, 1.54) is 6.07 Å². The van der Waals surface area contributed by atoms with Gasteiger partial charge in [-0.2, -0.15) is 0 Å². The van der Waals surface area contributed by atoms with Gasteiger partial charge in [0.2, 0.25) is 5.91 Å². The van der Waals surface area contributed by atoms with Crippen LogP contribution in [0.25, 0.3) is 11.8 Å². The highest BCUT2D eigenvalue weighted by molar-refractivity contribution is 5.99. The van der Waals surface area contributed by atoms with E-state index < -0.39 is 0 Å². The van der Waals surface area contributed by atoms with Crippen molar-refractivity contribution in [1.82, 2.24) is 14.5 Å². The Morgan fingerprint density at radius 3 is 2.88 bits per heavy atom. The maximum absolute atomic E-state index is 14.2. The molecule has 1 aliphatic heterocycles. The van der Waals surface area contributed by atoms with E-state index in [0.717, 1.165) is 58.7 Å². The monoisotopic (exact) mass is 431 g/mol. The Hall–Kier alpha value is -3.41. The number of ether oxygens (including phenoxy) is 1. The van der Waals surface area contributed by atoms with Gasteiger partial charge in [-0.15, -0.1) is 0 Å². The number of nitrogens with zero attached hydrogens (tertiary/aromatic N) is 3. The highest BCUT2D eigenvalue weighted by atomic mass is 19.1. The van der Waals surface area contributed by atoms with Gasteiger partial charge in [-0.3, -0.25) is 4.79 Å². The largest absolute Gasteiger partial charge is 0.495 e. The molecule has 2 aliphatic rings. The topological polar surface area (TPSA) is 47.4 Å². The number of fused-ring (bicyclic) bond motifs is 1. The molecular formula is C26H26FN3O2. The number of amides is 1. The Balaban J connectivity index is 1.42. The van der Waals surface area contributed by atoms with Crippen LogP contribution in [0.15, 0.2) is 54.5 Å². The molecule has 5 rings (SSSR count). The first-order valence-corrected chi connectivity index (χ1v) is 11.0. The van der Waals surface area contributed by atoms with Crippen LogP contribution in [0.2, 0.25) is 0 Å². The van der Waals surface area contributed by atoms with Gasteiger partial charge in [-0.05, 0) is 73.6 Å². The van der Waals surface area contributed by atoms with Crippen molar-refractivity contribution in [2.75, 3.05) is 13.7 Å². The van der Waals surface area contributed by atoms with Gasteiger partial charge in [0.1, 0.15) is 11.6 Å². The molecule has 5 nitrogen and oxygen atoms in total. The molecular weight excluding hydrogens is 405 g/mol. The minimum Gasteiger partial charge on any atom is -0.495 e. The third-order valence-corrected chi connectivity index (χ3v) is 6.47. The molecule has 2 heterocycles. The van der Waals surface area contributed by atoms with Gasteiger partial charge in [0.25, 0.3) is 0 Å². The average molecular weight is 432 g/mol. The van der Waals surface area contributed by atoms with Gasteiger partial charge in [-0.1, -0.05) is 18.2 Å². The number of benzene rings is 2. The number of hydrogen-bond donors (Lipinski definition) is 0. The maximum atomic E-state index is 14.2. The van der Waals surface area contributed by atoms with Crippen LogP contribution in [0.3, 0.4) is 0 Å². The summed E-state index contributed by atoms with van der Waals surface area (Å²) < 4.78 is 21.7. The van der Waals surface area contributed by atoms with Crippen molar-refractivity contribution in [3.63, 3.8) is 0 Å². The second-order valence-corrected chi connectivity index (χ2v) is 8.49. The van der Waals surface area contributed by atoms with Crippen molar-refractivity contribution in [2.45, 2.75) is 38.6 Å². The van der Waals surface area contributed by atoms with E-state index >= 15 is 0 Å². The number of methoxy groups -OCH3 is 1. The van der Waals surface area contributed by atoms with Crippen LogP contribution in [-0.2, 0) is 11.2 Å². The minimum absolute atomic E-state index is 0.0432. The summed E-state index contributed by atoms with van der Waals surface area (Å²) >= 11 is 0. The Morgan fingerprint density at radius 1 is 1.22 bits per heavy atom. The maximum Gasteiger partial charge on any atom is 0.250 e. The third kappa shape index (κ3) is 3.60. The highest BCUT2D eigenvalue weighted by Crippen LogP contribution is 2.39. The molecule has 0 unspecified atom stereocenters. The van der Waals surface area contributed by atoms with E-state index in [0.29, 0.717) is 13.0 Å². The van der Waals surface area contributed by atoms with Crippen LogP contribution in [0.4, 0.5) is 4.39 Å². The molecule has 32 heavy (non-hydrogen) atoms. The van der Waals surface area contributed by atoms with Crippen molar-refractivity contribution in [3.8, 4) is 11.4 Å². The predicted molar refractivity (Wildman–Crippen MR) is 121 cm³/mol. The SMILES string of the molecule is COc1cc(/C=C2\CCCN([C@H]3CCc4c(F)cccc43)C2=O)ccc1-n1cnc(C)c1. The number of likely N-dealkylation sites (tertiary alicyclic amines) is 1. The normalized spacial score (nSPS) is 19.5. The van der Waals surface area contributed by atoms with Crippen LogP contribution < -0.4 is 4.74 Å². The zero-order chi connectivity index (χ0) is 22.2. The van der Waals surface area contributed by atoms with Crippen molar-refractivity contribution < 1.29 is 13.9 Å². The Kier molecular flexibility index (Phi) is 5.29. The molecule has 0 N–H and O–H groups in total. The van der Waals surface area contributed by atoms with Crippen LogP contribution in [-0.4, -0.2) is 34.0 Å². The zero-order valence-electron chi connectivity index (χ0n) is 18.3. The first-order valence-electron chi connectivity index (χ1n) is 11.0. The predicted octanol–water partition coefficient (Wildman–Crippen LogP) is 5.02. The Bertz CT molecular complexity index is 1210. The van der Waals surface area contributed by atoms with E-state index in [9.17, 15) is 9.18 Å². The van der Waals surface area contributed by atoms with Crippen LogP contribution in [0.1, 0.15) is 47.7 Å². The summed E-state index contributed by atoms with van der Waals surface area (Å²) in [7, 11) is 1.64. The van der Waals surface area contributed by atoms with Crippen LogP contribution in [0.5, 0.6) is 5.75 Å². The summed E-state index contributed by atoms with van der Waals surface area (Å²) in [6.07, 6.45) is 8.77. The second-order valence-electron chi connectivity index (χ2n) is 8.49. The number of piperidine rings is 1. The van der Waals surface area contributed by atoms with Gasteiger partial charge in [-0.25, -0.2) is 9.37 Å². The summed E-state index contributed by atoms with van der Waals surface area (Å²) in [5.74, 6) is 0.606. The number of halogens is 1. The van der Waals surface area contributed by atoms with Crippen LogP contribution >= 0.6 is 0 Å². The highest BCUT2D eigenvalue weighted by Gasteiger charge is 2.35. The number of rotatable bonds is 4. The number of imidazole rings is 1. The van der Waals surface area contributed by atoms with Gasteiger partial charge >= 0.3 is 0 Å². The Morgan fingerprint density at radius 2 is 2.09 bits per heavy atom. The van der Waals surface area contributed by atoms with E-state index in [1.54, 1.807) is 19.5 Å². The smallest absolute Gasteiger partial charge is 0.250 e. The number of carbonyl (C=O) groups excluding carboxylic acids is 1. The zero-order valence-corrected chi connectivity index (χ0v) is 18.3. The van der Waals surface area contributed by atoms with Crippen molar-refractivity contribution in [1.29, 1.82) is 0 Å². The molecule has 1 aromatic heterocycles. The number of hydrogen-bond acceptors (Lipinski definition) is 3. The molecule has 1 atom stereocenters. The van der Waals surface area contributed by atoms with E-state index in [-0.39, 0.29) is 17.8 Å². The molecule has 0 saturated carbocycles. The molecule has 3 aromatic rings. The summed E-state index contributed by atoms with van der Waals surface area (Å²) in [4.78, 5) is 19.6. The second kappa shape index (κ2) is 8.26. The fourth-order valence-corrected chi connectivity index (χ4v) is 4.93. The number of carbonyl (C=O) groups is 1. The lowest BCUT2D eigenvalue weighted by atomic mass is 9.97. The van der Waals surface area contributed by atoms with Crippen molar-refractivity contribution in [3.05, 3.63) is 82.7 Å². The fraction of sp³-hybridized carbons (Fsp3) is 0.308. The molecule has 6 heteroatoms. The molecule has 0 spiro atoms. The van der Waals surface area contributed by atoms with Gasteiger partial charge in [0.15, 0.2) is 0 Å². The van der Waals surface area contributed by atoms with E-state index in [1.807, 2.05) is 52.9 Å². The summed E-state index contributed by atoms with van der Waals surface area (Å²) in [5.41, 5.74) is 5.26. The molecule has 1 amide bonds. The minimum atomic E-state index is -0.162. The van der Waals surface area contributed by atoms with Crippen molar-refractivity contribution >= 4 is 12.0 Å². The average Bonchev–Trinajstić information content (AvgIpc) is 3.42. The van der Waals surface area contributed by atoms with Crippen molar-refractivity contribution in [2.24, 2.45) is 0 Å². The van der Waals surface area contributed by atoms with E-state index in [2.05, 4.69) is 4.98 Å². The van der Waals surface area contributed by atoms with Gasteiger partial charge in [0.05, 0.1) is 30.9 Å². The van der Waals surface area contributed by atoms with Gasteiger partial charge < -0.3 is 14.2 Å². The molecule has 0 bridgehead atoms. The molecule has 1 fully saturated rings. The first-order chi connectivity index (χ1) is 15.5. The Labute approximate surface area is 187 Å². The fourth-order valence-electron chi connectivity index (χ4n) is 4.93. The first kappa shape index (κ1) is 20.5. The van der Waals surface area contributed by atoms with Crippen LogP contribution in [0, 0.1) is 12.7 Å². The standard InChI is InChI=1S/C26H26FN3O2/c1-17-15-29(16-28-17)24-10-8-18(14-25(24)32-2)13-19-5-4-12-30(26(19)31)23-11-9-20-21(23)6-3-7-22(20)27/h3,6-8,10,13-16,23H,4-5,9,11-12H2,1-2H3/b19-13+/t23-/m0/s1. The quantitative estimate of drug-likeness (QED) is 0.545. The summed E-state index contributed by atoms with van der Waals surface area (Å²) in [6, 6.07) is 11.1. The molecule has 2 aromatic carbocycles. The number of aryl methyl sites for hydroxylation is 1. The molecule has 1 aliphatic carbocycles. The van der Waals surface area contributed by atoms with E-state index in [4.69, 9.17) is 4.74 Å². The van der Waals surface area contributed by atoms with Gasteiger partial charge in [0, 0.05) is 18.3 Å². The third-order valence-electron chi connectivity index (χ3n) is 6.47.